The highest BCUT2D eigenvalue weighted by atomic mass is 35.5. The van der Waals surface area contributed by atoms with E-state index in [9.17, 15) is 4.79 Å². The molecule has 15 heavy (non-hydrogen) atoms. The van der Waals surface area contributed by atoms with Gasteiger partial charge >= 0.3 is 0 Å². The number of carbonyl (C=O) groups excluding carboxylic acids is 1. The highest BCUT2D eigenvalue weighted by Crippen LogP contribution is 2.30. The van der Waals surface area contributed by atoms with Gasteiger partial charge in [0.1, 0.15) is 0 Å². The zero-order valence-corrected chi connectivity index (χ0v) is 9.47. The smallest absolute Gasteiger partial charge is 0.180 e. The van der Waals surface area contributed by atoms with Crippen LogP contribution in [0.5, 0.6) is 11.5 Å². The molecule has 0 aliphatic carbocycles. The van der Waals surface area contributed by atoms with Gasteiger partial charge in [-0.15, -0.1) is 12.4 Å². The Hall–Kier alpha value is -1.26. The molecular weight excluding hydrogens is 218 g/mol. The van der Waals surface area contributed by atoms with Crippen molar-refractivity contribution in [1.82, 2.24) is 0 Å². The van der Waals surface area contributed by atoms with Crippen LogP contribution in [-0.4, -0.2) is 26.5 Å². The Kier molecular flexibility index (Phi) is 5.74. The molecule has 0 aliphatic heterocycles. The Balaban J connectivity index is 0.00000196. The molecule has 0 radical (unpaired) electrons. The molecule has 0 heterocycles. The second-order valence-corrected chi connectivity index (χ2v) is 2.67. The first-order chi connectivity index (χ1) is 6.74. The van der Waals surface area contributed by atoms with Crippen molar-refractivity contribution in [2.75, 3.05) is 20.8 Å². The lowest BCUT2D eigenvalue weighted by atomic mass is 10.1. The highest BCUT2D eigenvalue weighted by Gasteiger charge is 2.14. The molecule has 0 unspecified atom stereocenters. The maximum atomic E-state index is 11.4. The summed E-state index contributed by atoms with van der Waals surface area (Å²) in [6, 6.07) is 5.12. The lowest BCUT2D eigenvalue weighted by Gasteiger charge is -2.10. The number of nitrogens with two attached hydrogens (primary N) is 1. The quantitative estimate of drug-likeness (QED) is 0.793. The van der Waals surface area contributed by atoms with E-state index < -0.39 is 0 Å². The van der Waals surface area contributed by atoms with Gasteiger partial charge in [0.2, 0.25) is 0 Å². The second kappa shape index (κ2) is 6.27. The third-order valence-corrected chi connectivity index (χ3v) is 1.89. The van der Waals surface area contributed by atoms with E-state index in [1.165, 1.54) is 14.2 Å². The summed E-state index contributed by atoms with van der Waals surface area (Å²) in [5, 5.41) is 0. The normalized spacial score (nSPS) is 9.00. The molecule has 1 aromatic rings. The third kappa shape index (κ3) is 2.84. The maximum Gasteiger partial charge on any atom is 0.180 e. The number of ether oxygens (including phenoxy) is 2. The van der Waals surface area contributed by atoms with E-state index in [0.717, 1.165) is 0 Å². The molecule has 1 rings (SSSR count). The molecule has 0 saturated heterocycles. The van der Waals surface area contributed by atoms with E-state index in [4.69, 9.17) is 15.2 Å². The van der Waals surface area contributed by atoms with E-state index in [1.54, 1.807) is 18.2 Å². The first kappa shape index (κ1) is 13.7. The van der Waals surface area contributed by atoms with Gasteiger partial charge in [-0.25, -0.2) is 0 Å². The fraction of sp³-hybridized carbons (Fsp3) is 0.300. The monoisotopic (exact) mass is 231 g/mol. The molecule has 0 saturated carbocycles. The van der Waals surface area contributed by atoms with E-state index in [0.29, 0.717) is 17.1 Å². The Bertz CT molecular complexity index is 341. The van der Waals surface area contributed by atoms with Crippen molar-refractivity contribution in [2.24, 2.45) is 5.73 Å². The fourth-order valence-electron chi connectivity index (χ4n) is 1.22. The van der Waals surface area contributed by atoms with Crippen LogP contribution in [0.15, 0.2) is 18.2 Å². The Morgan fingerprint density at radius 2 is 2.00 bits per heavy atom. The van der Waals surface area contributed by atoms with Gasteiger partial charge in [-0.2, -0.15) is 0 Å². The molecule has 0 fully saturated rings. The summed E-state index contributed by atoms with van der Waals surface area (Å²) >= 11 is 0. The van der Waals surface area contributed by atoms with Gasteiger partial charge in [0, 0.05) is 0 Å². The van der Waals surface area contributed by atoms with Gasteiger partial charge in [-0.05, 0) is 12.1 Å². The highest BCUT2D eigenvalue weighted by molar-refractivity contribution is 6.00. The minimum atomic E-state index is -0.166. The van der Waals surface area contributed by atoms with Crippen molar-refractivity contribution in [3.63, 3.8) is 0 Å². The van der Waals surface area contributed by atoms with Crippen molar-refractivity contribution in [2.45, 2.75) is 0 Å². The van der Waals surface area contributed by atoms with E-state index >= 15 is 0 Å². The lowest BCUT2D eigenvalue weighted by molar-refractivity contribution is 0.0998. The minimum Gasteiger partial charge on any atom is -0.493 e. The van der Waals surface area contributed by atoms with Crippen LogP contribution in [-0.2, 0) is 0 Å². The zero-order valence-electron chi connectivity index (χ0n) is 8.65. The summed E-state index contributed by atoms with van der Waals surface area (Å²) in [5.41, 5.74) is 5.73. The van der Waals surface area contributed by atoms with E-state index in [1.807, 2.05) is 0 Å². The topological polar surface area (TPSA) is 61.5 Å². The molecular formula is C10H14ClNO3. The van der Waals surface area contributed by atoms with E-state index in [2.05, 4.69) is 0 Å². The average molecular weight is 232 g/mol. The molecule has 0 bridgehead atoms. The van der Waals surface area contributed by atoms with Gasteiger partial charge in [0.15, 0.2) is 17.3 Å². The summed E-state index contributed by atoms with van der Waals surface area (Å²) in [6.07, 6.45) is 0. The first-order valence-corrected chi connectivity index (χ1v) is 4.18. The Labute approximate surface area is 94.8 Å². The number of hydrogen-bond acceptors (Lipinski definition) is 4. The molecule has 0 aromatic heterocycles. The molecule has 4 nitrogen and oxygen atoms in total. The van der Waals surface area contributed by atoms with Crippen LogP contribution in [0.1, 0.15) is 10.4 Å². The molecule has 2 N–H and O–H groups in total. The number of Topliss-reactive ketones (excluding diaryl/α,β-unsaturated/α-hetero) is 1. The van der Waals surface area contributed by atoms with Crippen LogP contribution >= 0.6 is 12.4 Å². The summed E-state index contributed by atoms with van der Waals surface area (Å²) in [6.45, 7) is -0.0382. The molecule has 5 heteroatoms. The first-order valence-electron chi connectivity index (χ1n) is 4.18. The maximum absolute atomic E-state index is 11.4. The Morgan fingerprint density at radius 3 is 2.47 bits per heavy atom. The van der Waals surface area contributed by atoms with Gasteiger partial charge < -0.3 is 15.2 Å². The SMILES string of the molecule is COc1cccc(C(=O)CN)c1OC.Cl. The number of ketones is 1. The number of rotatable bonds is 4. The number of halogens is 1. The van der Waals surface area contributed by atoms with Crippen molar-refractivity contribution < 1.29 is 14.3 Å². The number of para-hydroxylation sites is 1. The molecule has 0 aliphatic rings. The molecule has 0 amide bonds. The standard InChI is InChI=1S/C10H13NO3.ClH/c1-13-9-5-3-4-7(8(12)6-11)10(9)14-2;/h3-5H,6,11H2,1-2H3;1H. The summed E-state index contributed by atoms with van der Waals surface area (Å²) in [5.74, 6) is 0.804. The zero-order chi connectivity index (χ0) is 10.6. The molecule has 84 valence electrons. The third-order valence-electron chi connectivity index (χ3n) is 1.89. The fourth-order valence-corrected chi connectivity index (χ4v) is 1.22. The number of benzene rings is 1. The van der Waals surface area contributed by atoms with Crippen LogP contribution in [0.3, 0.4) is 0 Å². The van der Waals surface area contributed by atoms with Gasteiger partial charge in [-0.3, -0.25) is 4.79 Å². The summed E-state index contributed by atoms with van der Waals surface area (Å²) in [4.78, 5) is 11.4. The average Bonchev–Trinajstić information content (AvgIpc) is 2.26. The van der Waals surface area contributed by atoms with Gasteiger partial charge in [0.05, 0.1) is 26.3 Å². The van der Waals surface area contributed by atoms with Crippen LogP contribution in [0.2, 0.25) is 0 Å². The predicted molar refractivity (Wildman–Crippen MR) is 60.2 cm³/mol. The van der Waals surface area contributed by atoms with Crippen molar-refractivity contribution in [3.05, 3.63) is 23.8 Å². The minimum absolute atomic E-state index is 0. The van der Waals surface area contributed by atoms with Crippen LogP contribution in [0.4, 0.5) is 0 Å². The van der Waals surface area contributed by atoms with Crippen LogP contribution in [0, 0.1) is 0 Å². The summed E-state index contributed by atoms with van der Waals surface area (Å²) in [7, 11) is 3.01. The van der Waals surface area contributed by atoms with Gasteiger partial charge in [-0.1, -0.05) is 6.07 Å². The molecule has 0 atom stereocenters. The Morgan fingerprint density at radius 1 is 1.33 bits per heavy atom. The van der Waals surface area contributed by atoms with Gasteiger partial charge in [0.25, 0.3) is 0 Å². The summed E-state index contributed by atoms with van der Waals surface area (Å²) < 4.78 is 10.1. The number of methoxy groups -OCH3 is 2. The second-order valence-electron chi connectivity index (χ2n) is 2.67. The number of carbonyl (C=O) groups is 1. The van der Waals surface area contributed by atoms with E-state index in [-0.39, 0.29) is 24.7 Å². The van der Waals surface area contributed by atoms with Crippen LogP contribution < -0.4 is 15.2 Å². The largest absolute Gasteiger partial charge is 0.493 e. The predicted octanol–water partition coefficient (Wildman–Crippen LogP) is 1.27. The van der Waals surface area contributed by atoms with Crippen molar-refractivity contribution in [3.8, 4) is 11.5 Å². The van der Waals surface area contributed by atoms with Crippen molar-refractivity contribution in [1.29, 1.82) is 0 Å². The molecule has 0 spiro atoms. The van der Waals surface area contributed by atoms with Crippen molar-refractivity contribution >= 4 is 18.2 Å². The molecule has 1 aromatic carbocycles. The lowest BCUT2D eigenvalue weighted by Crippen LogP contribution is -2.14. The van der Waals surface area contributed by atoms with Crippen LogP contribution in [0.25, 0.3) is 0 Å². The number of hydrogen-bond donors (Lipinski definition) is 1.